The first-order valence-electron chi connectivity index (χ1n) is 5.17. The predicted octanol–water partition coefficient (Wildman–Crippen LogP) is 1.48. The molecular weight excluding hydrogens is 184 g/mol. The Morgan fingerprint density at radius 3 is 2.93 bits per heavy atom. The highest BCUT2D eigenvalue weighted by Crippen LogP contribution is 2.15. The fourth-order valence-corrected chi connectivity index (χ4v) is 1.36. The van der Waals surface area contributed by atoms with E-state index in [4.69, 9.17) is 14.2 Å². The van der Waals surface area contributed by atoms with Gasteiger partial charge in [-0.1, -0.05) is 0 Å². The number of hydrogen-bond acceptors (Lipinski definition) is 4. The second-order valence-electron chi connectivity index (χ2n) is 3.33. The molecule has 0 bridgehead atoms. The first kappa shape index (κ1) is 11.5. The van der Waals surface area contributed by atoms with E-state index in [1.165, 1.54) is 0 Å². The van der Waals surface area contributed by atoms with Crippen LogP contribution in [-0.2, 0) is 19.0 Å². The molecule has 1 aliphatic heterocycles. The van der Waals surface area contributed by atoms with Gasteiger partial charge in [0.25, 0.3) is 0 Å². The van der Waals surface area contributed by atoms with Crippen LogP contribution < -0.4 is 0 Å². The molecule has 0 aromatic carbocycles. The van der Waals surface area contributed by atoms with Crippen LogP contribution in [0.5, 0.6) is 0 Å². The van der Waals surface area contributed by atoms with Crippen LogP contribution in [0.1, 0.15) is 33.1 Å². The van der Waals surface area contributed by atoms with Crippen molar-refractivity contribution in [3.8, 4) is 0 Å². The molecule has 4 heteroatoms. The molecule has 0 spiro atoms. The number of carbonyl (C=O) groups is 1. The third-order valence-corrected chi connectivity index (χ3v) is 2.11. The standard InChI is InChI=1S/C10H18O4/c1-3-12-10(11)8(2)14-9-6-4-5-7-13-9/h8-9H,3-7H2,1-2H3/t8-,9+/m1/s1. The quantitative estimate of drug-likeness (QED) is 0.648. The Hall–Kier alpha value is -0.610. The van der Waals surface area contributed by atoms with E-state index in [2.05, 4.69) is 0 Å². The van der Waals surface area contributed by atoms with Gasteiger partial charge in [0, 0.05) is 6.61 Å². The first-order chi connectivity index (χ1) is 6.74. The minimum absolute atomic E-state index is 0.233. The molecule has 1 rings (SSSR count). The number of rotatable bonds is 4. The Labute approximate surface area is 84.5 Å². The SMILES string of the molecule is CCOC(=O)[C@@H](C)O[C@H]1CCCCO1. The lowest BCUT2D eigenvalue weighted by molar-refractivity contribution is -0.200. The van der Waals surface area contributed by atoms with Crippen LogP contribution in [0.4, 0.5) is 0 Å². The molecule has 2 atom stereocenters. The summed E-state index contributed by atoms with van der Waals surface area (Å²) in [6.07, 6.45) is 2.28. The molecule has 0 radical (unpaired) electrons. The molecule has 14 heavy (non-hydrogen) atoms. The molecular formula is C10H18O4. The molecule has 0 aromatic rings. The van der Waals surface area contributed by atoms with E-state index in [9.17, 15) is 4.79 Å². The number of carbonyl (C=O) groups excluding carboxylic acids is 1. The Morgan fingerprint density at radius 2 is 2.36 bits per heavy atom. The van der Waals surface area contributed by atoms with Crippen LogP contribution in [0.3, 0.4) is 0 Å². The van der Waals surface area contributed by atoms with Crippen LogP contribution >= 0.6 is 0 Å². The van der Waals surface area contributed by atoms with Crippen LogP contribution in [-0.4, -0.2) is 31.6 Å². The van der Waals surface area contributed by atoms with Crippen molar-refractivity contribution in [2.24, 2.45) is 0 Å². The van der Waals surface area contributed by atoms with Gasteiger partial charge in [0.05, 0.1) is 6.61 Å². The lowest BCUT2D eigenvalue weighted by Gasteiger charge is -2.25. The summed E-state index contributed by atoms with van der Waals surface area (Å²) in [5.74, 6) is -0.318. The lowest BCUT2D eigenvalue weighted by atomic mass is 10.2. The molecule has 1 heterocycles. The highest BCUT2D eigenvalue weighted by Gasteiger charge is 2.22. The smallest absolute Gasteiger partial charge is 0.335 e. The van der Waals surface area contributed by atoms with E-state index in [0.29, 0.717) is 6.61 Å². The van der Waals surface area contributed by atoms with Gasteiger partial charge in [0.2, 0.25) is 0 Å². The Bertz CT molecular complexity index is 175. The summed E-state index contributed by atoms with van der Waals surface area (Å²) in [4.78, 5) is 11.2. The summed E-state index contributed by atoms with van der Waals surface area (Å²) in [7, 11) is 0. The molecule has 0 aromatic heterocycles. The number of ether oxygens (including phenoxy) is 3. The van der Waals surface area contributed by atoms with Crippen molar-refractivity contribution < 1.29 is 19.0 Å². The van der Waals surface area contributed by atoms with Crippen molar-refractivity contribution >= 4 is 5.97 Å². The first-order valence-corrected chi connectivity index (χ1v) is 5.17. The molecule has 82 valence electrons. The van der Waals surface area contributed by atoms with Gasteiger partial charge in [0.15, 0.2) is 12.4 Å². The third kappa shape index (κ3) is 3.64. The van der Waals surface area contributed by atoms with Crippen molar-refractivity contribution in [1.82, 2.24) is 0 Å². The Morgan fingerprint density at radius 1 is 1.57 bits per heavy atom. The van der Waals surface area contributed by atoms with Crippen LogP contribution in [0.15, 0.2) is 0 Å². The topological polar surface area (TPSA) is 44.8 Å². The number of hydrogen-bond donors (Lipinski definition) is 0. The summed E-state index contributed by atoms with van der Waals surface area (Å²) in [5, 5.41) is 0. The fraction of sp³-hybridized carbons (Fsp3) is 0.900. The molecule has 0 aliphatic carbocycles. The summed E-state index contributed by atoms with van der Waals surface area (Å²) in [6, 6.07) is 0. The lowest BCUT2D eigenvalue weighted by Crippen LogP contribution is -2.32. The van der Waals surface area contributed by atoms with Crippen molar-refractivity contribution in [3.63, 3.8) is 0 Å². The van der Waals surface area contributed by atoms with E-state index in [0.717, 1.165) is 25.9 Å². The van der Waals surface area contributed by atoms with Gasteiger partial charge in [-0.3, -0.25) is 0 Å². The summed E-state index contributed by atoms with van der Waals surface area (Å²) < 4.78 is 15.6. The maximum atomic E-state index is 11.2. The molecule has 0 saturated carbocycles. The predicted molar refractivity (Wildman–Crippen MR) is 50.8 cm³/mol. The van der Waals surface area contributed by atoms with Gasteiger partial charge in [-0.25, -0.2) is 4.79 Å². The van der Waals surface area contributed by atoms with Gasteiger partial charge in [-0.15, -0.1) is 0 Å². The van der Waals surface area contributed by atoms with Gasteiger partial charge < -0.3 is 14.2 Å². The monoisotopic (exact) mass is 202 g/mol. The zero-order valence-corrected chi connectivity index (χ0v) is 8.82. The average Bonchev–Trinajstić information content (AvgIpc) is 2.19. The van der Waals surface area contributed by atoms with E-state index < -0.39 is 6.10 Å². The van der Waals surface area contributed by atoms with E-state index in [1.807, 2.05) is 0 Å². The third-order valence-electron chi connectivity index (χ3n) is 2.11. The number of esters is 1. The summed E-state index contributed by atoms with van der Waals surface area (Å²) in [5.41, 5.74) is 0. The zero-order chi connectivity index (χ0) is 10.4. The summed E-state index contributed by atoms with van der Waals surface area (Å²) >= 11 is 0. The summed E-state index contributed by atoms with van der Waals surface area (Å²) in [6.45, 7) is 4.58. The van der Waals surface area contributed by atoms with Crippen molar-refractivity contribution in [3.05, 3.63) is 0 Å². The highest BCUT2D eigenvalue weighted by molar-refractivity contribution is 5.74. The minimum atomic E-state index is -0.530. The van der Waals surface area contributed by atoms with E-state index in [1.54, 1.807) is 13.8 Å². The van der Waals surface area contributed by atoms with Gasteiger partial charge >= 0.3 is 5.97 Å². The van der Waals surface area contributed by atoms with Crippen LogP contribution in [0.2, 0.25) is 0 Å². The van der Waals surface area contributed by atoms with Crippen molar-refractivity contribution in [1.29, 1.82) is 0 Å². The maximum Gasteiger partial charge on any atom is 0.335 e. The Kier molecular flexibility index (Phi) is 4.90. The van der Waals surface area contributed by atoms with Crippen molar-refractivity contribution in [2.75, 3.05) is 13.2 Å². The van der Waals surface area contributed by atoms with Crippen LogP contribution in [0, 0.1) is 0 Å². The van der Waals surface area contributed by atoms with Crippen molar-refractivity contribution in [2.45, 2.75) is 45.5 Å². The molecule has 1 fully saturated rings. The van der Waals surface area contributed by atoms with Gasteiger partial charge in [0.1, 0.15) is 0 Å². The fourth-order valence-electron chi connectivity index (χ4n) is 1.36. The molecule has 0 amide bonds. The highest BCUT2D eigenvalue weighted by atomic mass is 16.7. The molecule has 0 unspecified atom stereocenters. The zero-order valence-electron chi connectivity index (χ0n) is 8.82. The largest absolute Gasteiger partial charge is 0.464 e. The van der Waals surface area contributed by atoms with E-state index >= 15 is 0 Å². The average molecular weight is 202 g/mol. The molecule has 1 aliphatic rings. The molecule has 0 N–H and O–H groups in total. The van der Waals surface area contributed by atoms with Gasteiger partial charge in [-0.05, 0) is 33.1 Å². The molecule has 4 nitrogen and oxygen atoms in total. The molecule has 1 saturated heterocycles. The Balaban J connectivity index is 2.24. The van der Waals surface area contributed by atoms with E-state index in [-0.39, 0.29) is 12.3 Å². The maximum absolute atomic E-state index is 11.2. The van der Waals surface area contributed by atoms with Gasteiger partial charge in [-0.2, -0.15) is 0 Å². The van der Waals surface area contributed by atoms with Crippen LogP contribution in [0.25, 0.3) is 0 Å². The second-order valence-corrected chi connectivity index (χ2v) is 3.33. The minimum Gasteiger partial charge on any atom is -0.464 e. The normalized spacial score (nSPS) is 24.3. The second kappa shape index (κ2) is 5.98.